The second kappa shape index (κ2) is 3.23. The van der Waals surface area contributed by atoms with Crippen LogP contribution in [0, 0.1) is 11.8 Å². The van der Waals surface area contributed by atoms with Crippen LogP contribution in [-0.2, 0) is 9.47 Å². The lowest BCUT2D eigenvalue weighted by atomic mass is 9.79. The van der Waals surface area contributed by atoms with E-state index in [0.29, 0.717) is 12.5 Å². The summed E-state index contributed by atoms with van der Waals surface area (Å²) in [5.74, 6) is 0.631. The summed E-state index contributed by atoms with van der Waals surface area (Å²) in [4.78, 5) is 0. The zero-order chi connectivity index (χ0) is 9.47. The van der Waals surface area contributed by atoms with Crippen LogP contribution in [0.4, 0.5) is 0 Å². The molecule has 2 aliphatic rings. The number of aliphatic hydroxyl groups is 1. The standard InChI is InChI=1S/C10H18O3/c1-10(2,11)8-6-13-9-7(8)4-3-5-12-9/h7-9,11H,3-6H2,1-2H3/t7-,8-,9+/m1/s1. The predicted molar refractivity (Wildman–Crippen MR) is 48.2 cm³/mol. The van der Waals surface area contributed by atoms with E-state index in [0.717, 1.165) is 19.4 Å². The lowest BCUT2D eigenvalue weighted by Gasteiger charge is -2.33. The van der Waals surface area contributed by atoms with Gasteiger partial charge >= 0.3 is 0 Å². The molecule has 0 unspecified atom stereocenters. The summed E-state index contributed by atoms with van der Waals surface area (Å²) in [6, 6.07) is 0. The molecule has 2 saturated heterocycles. The number of hydrogen-bond acceptors (Lipinski definition) is 3. The molecular formula is C10H18O3. The van der Waals surface area contributed by atoms with E-state index in [1.165, 1.54) is 0 Å². The first-order chi connectivity index (χ1) is 6.09. The lowest BCUT2D eigenvalue weighted by molar-refractivity contribution is -0.153. The molecule has 0 aromatic carbocycles. The van der Waals surface area contributed by atoms with E-state index in [-0.39, 0.29) is 12.2 Å². The zero-order valence-electron chi connectivity index (χ0n) is 8.32. The van der Waals surface area contributed by atoms with Gasteiger partial charge in [-0.15, -0.1) is 0 Å². The number of hydrogen-bond donors (Lipinski definition) is 1. The molecule has 2 aliphatic heterocycles. The van der Waals surface area contributed by atoms with Gasteiger partial charge in [0, 0.05) is 18.4 Å². The van der Waals surface area contributed by atoms with Crippen molar-refractivity contribution < 1.29 is 14.6 Å². The van der Waals surface area contributed by atoms with Gasteiger partial charge in [0.05, 0.1) is 12.2 Å². The Bertz CT molecular complexity index is 185. The molecule has 2 fully saturated rings. The Hall–Kier alpha value is -0.120. The van der Waals surface area contributed by atoms with Crippen LogP contribution in [0.1, 0.15) is 26.7 Å². The van der Waals surface area contributed by atoms with Crippen molar-refractivity contribution in [3.8, 4) is 0 Å². The van der Waals surface area contributed by atoms with Crippen molar-refractivity contribution >= 4 is 0 Å². The van der Waals surface area contributed by atoms with Crippen molar-refractivity contribution in [2.24, 2.45) is 11.8 Å². The fraction of sp³-hybridized carbons (Fsp3) is 1.00. The highest BCUT2D eigenvalue weighted by molar-refractivity contribution is 4.90. The van der Waals surface area contributed by atoms with Crippen molar-refractivity contribution in [3.63, 3.8) is 0 Å². The molecule has 3 heteroatoms. The van der Waals surface area contributed by atoms with Gasteiger partial charge in [0.2, 0.25) is 0 Å². The molecule has 0 aromatic rings. The van der Waals surface area contributed by atoms with Crippen LogP contribution in [0.2, 0.25) is 0 Å². The average Bonchev–Trinajstić information content (AvgIpc) is 2.45. The summed E-state index contributed by atoms with van der Waals surface area (Å²) in [5, 5.41) is 9.92. The van der Waals surface area contributed by atoms with Gasteiger partial charge in [0.25, 0.3) is 0 Å². The summed E-state index contributed by atoms with van der Waals surface area (Å²) in [7, 11) is 0. The molecule has 2 rings (SSSR count). The molecule has 1 N–H and O–H groups in total. The Morgan fingerprint density at radius 1 is 1.31 bits per heavy atom. The van der Waals surface area contributed by atoms with Crippen LogP contribution in [-0.4, -0.2) is 30.2 Å². The van der Waals surface area contributed by atoms with Crippen molar-refractivity contribution in [2.75, 3.05) is 13.2 Å². The Morgan fingerprint density at radius 2 is 2.08 bits per heavy atom. The molecule has 0 spiro atoms. The fourth-order valence-electron chi connectivity index (χ4n) is 2.39. The van der Waals surface area contributed by atoms with Gasteiger partial charge in [-0.05, 0) is 26.7 Å². The summed E-state index contributed by atoms with van der Waals surface area (Å²) in [5.41, 5.74) is -0.639. The van der Waals surface area contributed by atoms with Crippen LogP contribution >= 0.6 is 0 Å². The number of fused-ring (bicyclic) bond motifs is 1. The first-order valence-corrected chi connectivity index (χ1v) is 5.04. The Labute approximate surface area is 79.0 Å². The summed E-state index contributed by atoms with van der Waals surface area (Å²) in [6.07, 6.45) is 2.17. The Morgan fingerprint density at radius 3 is 2.77 bits per heavy atom. The molecule has 13 heavy (non-hydrogen) atoms. The molecule has 76 valence electrons. The average molecular weight is 186 g/mol. The third-order valence-corrected chi connectivity index (χ3v) is 3.18. The molecule has 0 radical (unpaired) electrons. The van der Waals surface area contributed by atoms with Gasteiger partial charge in [0.15, 0.2) is 6.29 Å². The van der Waals surface area contributed by atoms with Crippen molar-refractivity contribution in [2.45, 2.75) is 38.6 Å². The Balaban J connectivity index is 2.07. The zero-order valence-corrected chi connectivity index (χ0v) is 8.32. The second-order valence-corrected chi connectivity index (χ2v) is 4.64. The van der Waals surface area contributed by atoms with Crippen LogP contribution in [0.3, 0.4) is 0 Å². The maximum absolute atomic E-state index is 9.92. The van der Waals surface area contributed by atoms with E-state index in [1.807, 2.05) is 13.8 Å². The highest BCUT2D eigenvalue weighted by atomic mass is 16.7. The van der Waals surface area contributed by atoms with Gasteiger partial charge in [-0.2, -0.15) is 0 Å². The van der Waals surface area contributed by atoms with E-state index in [4.69, 9.17) is 9.47 Å². The summed E-state index contributed by atoms with van der Waals surface area (Å²) >= 11 is 0. The minimum Gasteiger partial charge on any atom is -0.390 e. The maximum atomic E-state index is 9.92. The highest BCUT2D eigenvalue weighted by Gasteiger charge is 2.45. The highest BCUT2D eigenvalue weighted by Crippen LogP contribution is 2.40. The van der Waals surface area contributed by atoms with Crippen LogP contribution in [0.25, 0.3) is 0 Å². The molecule has 0 aromatic heterocycles. The monoisotopic (exact) mass is 186 g/mol. The van der Waals surface area contributed by atoms with Crippen LogP contribution in [0.15, 0.2) is 0 Å². The van der Waals surface area contributed by atoms with Crippen molar-refractivity contribution in [1.82, 2.24) is 0 Å². The number of rotatable bonds is 1. The molecule has 0 saturated carbocycles. The van der Waals surface area contributed by atoms with Crippen LogP contribution < -0.4 is 0 Å². The lowest BCUT2D eigenvalue weighted by Crippen LogP contribution is -2.39. The van der Waals surface area contributed by atoms with Gasteiger partial charge in [-0.25, -0.2) is 0 Å². The van der Waals surface area contributed by atoms with Gasteiger partial charge < -0.3 is 14.6 Å². The van der Waals surface area contributed by atoms with Crippen LogP contribution in [0.5, 0.6) is 0 Å². The topological polar surface area (TPSA) is 38.7 Å². The molecule has 3 atom stereocenters. The minimum absolute atomic E-state index is 0.0508. The van der Waals surface area contributed by atoms with E-state index >= 15 is 0 Å². The molecule has 0 amide bonds. The van der Waals surface area contributed by atoms with E-state index < -0.39 is 5.60 Å². The molecule has 0 bridgehead atoms. The molecule has 0 aliphatic carbocycles. The van der Waals surface area contributed by atoms with Gasteiger partial charge in [0.1, 0.15) is 0 Å². The predicted octanol–water partition coefficient (Wildman–Crippen LogP) is 1.16. The van der Waals surface area contributed by atoms with Crippen molar-refractivity contribution in [3.05, 3.63) is 0 Å². The largest absolute Gasteiger partial charge is 0.390 e. The van der Waals surface area contributed by atoms with E-state index in [9.17, 15) is 5.11 Å². The normalized spacial score (nSPS) is 40.4. The number of ether oxygens (including phenoxy) is 2. The van der Waals surface area contributed by atoms with Gasteiger partial charge in [-0.1, -0.05) is 0 Å². The molecule has 2 heterocycles. The second-order valence-electron chi connectivity index (χ2n) is 4.64. The Kier molecular flexibility index (Phi) is 2.34. The first kappa shape index (κ1) is 9.44. The third kappa shape index (κ3) is 1.73. The quantitative estimate of drug-likeness (QED) is 0.667. The summed E-state index contributed by atoms with van der Waals surface area (Å²) < 4.78 is 11.0. The summed E-state index contributed by atoms with van der Waals surface area (Å²) in [6.45, 7) is 5.16. The maximum Gasteiger partial charge on any atom is 0.160 e. The smallest absolute Gasteiger partial charge is 0.160 e. The van der Waals surface area contributed by atoms with E-state index in [2.05, 4.69) is 0 Å². The molecule has 3 nitrogen and oxygen atoms in total. The molecular weight excluding hydrogens is 168 g/mol. The first-order valence-electron chi connectivity index (χ1n) is 5.04. The SMILES string of the molecule is CC(C)(O)[C@@H]1CO[C@@H]2OCCC[C@@H]21. The van der Waals surface area contributed by atoms with E-state index in [1.54, 1.807) is 0 Å². The van der Waals surface area contributed by atoms with Crippen molar-refractivity contribution in [1.29, 1.82) is 0 Å². The van der Waals surface area contributed by atoms with Gasteiger partial charge in [-0.3, -0.25) is 0 Å². The fourth-order valence-corrected chi connectivity index (χ4v) is 2.39. The third-order valence-electron chi connectivity index (χ3n) is 3.18. The minimum atomic E-state index is -0.639.